The van der Waals surface area contributed by atoms with Crippen molar-refractivity contribution in [1.29, 1.82) is 0 Å². The summed E-state index contributed by atoms with van der Waals surface area (Å²) in [6, 6.07) is 7.66. The van der Waals surface area contributed by atoms with E-state index in [1.807, 2.05) is 24.3 Å². The van der Waals surface area contributed by atoms with Crippen molar-refractivity contribution in [3.05, 3.63) is 47.2 Å². The molecule has 0 atom stereocenters. The van der Waals surface area contributed by atoms with E-state index >= 15 is 0 Å². The number of aliphatic imine (C=N–C) groups is 1. The summed E-state index contributed by atoms with van der Waals surface area (Å²) in [6.07, 6.45) is 3.53. The molecule has 1 N–H and O–H groups in total. The van der Waals surface area contributed by atoms with Crippen LogP contribution < -0.4 is 0 Å². The zero-order chi connectivity index (χ0) is 9.97. The first-order valence-electron chi connectivity index (χ1n) is 4.31. The van der Waals surface area contributed by atoms with Crippen LogP contribution >= 0.6 is 0 Å². The van der Waals surface area contributed by atoms with Gasteiger partial charge in [0, 0.05) is 18.8 Å². The molecular weight excluding hydrogens is 178 g/mol. The van der Waals surface area contributed by atoms with Crippen LogP contribution in [0, 0.1) is 0 Å². The Hall–Kier alpha value is -1.90. The van der Waals surface area contributed by atoms with E-state index < -0.39 is 5.97 Å². The molecular formula is C11H9NO2. The number of aliphatic carboxylic acids is 1. The van der Waals surface area contributed by atoms with Crippen molar-refractivity contribution in [1.82, 2.24) is 0 Å². The zero-order valence-corrected chi connectivity index (χ0v) is 7.47. The number of nitrogens with zero attached hydrogens (tertiary/aromatic N) is 1. The molecule has 70 valence electrons. The van der Waals surface area contributed by atoms with E-state index in [1.165, 1.54) is 6.20 Å². The molecule has 0 aromatic heterocycles. The van der Waals surface area contributed by atoms with Crippen molar-refractivity contribution in [2.24, 2.45) is 4.99 Å². The van der Waals surface area contributed by atoms with Crippen LogP contribution in [0.5, 0.6) is 0 Å². The highest BCUT2D eigenvalue weighted by Crippen LogP contribution is 2.15. The summed E-state index contributed by atoms with van der Waals surface area (Å²) < 4.78 is 0. The minimum Gasteiger partial charge on any atom is -0.478 e. The molecule has 0 bridgehead atoms. The summed E-state index contributed by atoms with van der Waals surface area (Å²) in [5, 5.41) is 8.85. The molecule has 3 heteroatoms. The lowest BCUT2D eigenvalue weighted by Crippen LogP contribution is -2.03. The second-order valence-electron chi connectivity index (χ2n) is 3.11. The average molecular weight is 187 g/mol. The van der Waals surface area contributed by atoms with Crippen LogP contribution in [0.25, 0.3) is 0 Å². The average Bonchev–Trinajstić information content (AvgIpc) is 2.39. The van der Waals surface area contributed by atoms with Gasteiger partial charge < -0.3 is 5.11 Å². The maximum atomic E-state index is 10.8. The smallest absolute Gasteiger partial charge is 0.333 e. The number of rotatable bonds is 1. The zero-order valence-electron chi connectivity index (χ0n) is 7.47. The Bertz CT molecular complexity index is 433. The van der Waals surface area contributed by atoms with Crippen LogP contribution in [0.2, 0.25) is 0 Å². The van der Waals surface area contributed by atoms with Gasteiger partial charge in [0.15, 0.2) is 0 Å². The first kappa shape index (κ1) is 8.69. The fourth-order valence-corrected chi connectivity index (χ4v) is 1.41. The van der Waals surface area contributed by atoms with E-state index in [0.717, 1.165) is 11.1 Å². The lowest BCUT2D eigenvalue weighted by atomic mass is 10.0. The molecule has 1 aromatic rings. The molecule has 0 saturated carbocycles. The normalized spacial score (nSPS) is 14.1. The first-order valence-corrected chi connectivity index (χ1v) is 4.31. The van der Waals surface area contributed by atoms with E-state index in [2.05, 4.69) is 4.99 Å². The largest absolute Gasteiger partial charge is 0.478 e. The third-order valence-corrected chi connectivity index (χ3v) is 2.15. The molecule has 0 fully saturated rings. The minimum atomic E-state index is -0.904. The second-order valence-corrected chi connectivity index (χ2v) is 3.11. The highest BCUT2D eigenvalue weighted by atomic mass is 16.4. The van der Waals surface area contributed by atoms with E-state index in [0.29, 0.717) is 12.0 Å². The summed E-state index contributed by atoms with van der Waals surface area (Å²) in [5.74, 6) is -0.904. The van der Waals surface area contributed by atoms with Crippen molar-refractivity contribution in [2.75, 3.05) is 0 Å². The molecule has 14 heavy (non-hydrogen) atoms. The minimum absolute atomic E-state index is 0.325. The Morgan fingerprint density at radius 1 is 1.36 bits per heavy atom. The molecule has 0 aliphatic carbocycles. The highest BCUT2D eigenvalue weighted by molar-refractivity contribution is 5.90. The predicted molar refractivity (Wildman–Crippen MR) is 53.5 cm³/mol. The second kappa shape index (κ2) is 3.46. The lowest BCUT2D eigenvalue weighted by molar-refractivity contribution is -0.132. The standard InChI is InChI=1S/C11H9NO2/c13-11(14)10-5-8-3-1-2-4-9(8)6-12-7-10/h1-4,6-7H,5H2,(H,13,14). The van der Waals surface area contributed by atoms with Crippen molar-refractivity contribution in [3.63, 3.8) is 0 Å². The Morgan fingerprint density at radius 3 is 2.93 bits per heavy atom. The summed E-state index contributed by atoms with van der Waals surface area (Å²) in [6.45, 7) is 0. The SMILES string of the molecule is O=C(O)C1=CN=Cc2ccccc2C1. The molecule has 1 aliphatic heterocycles. The number of carboxylic acid groups (broad SMARTS) is 1. The molecule has 0 spiro atoms. The first-order chi connectivity index (χ1) is 6.77. The van der Waals surface area contributed by atoms with Gasteiger partial charge in [-0.3, -0.25) is 4.99 Å². The highest BCUT2D eigenvalue weighted by Gasteiger charge is 2.11. The van der Waals surface area contributed by atoms with E-state index in [1.54, 1.807) is 6.21 Å². The number of carbonyl (C=O) groups is 1. The molecule has 1 heterocycles. The molecule has 2 rings (SSSR count). The molecule has 0 saturated heterocycles. The van der Waals surface area contributed by atoms with Gasteiger partial charge in [-0.15, -0.1) is 0 Å². The Kier molecular flexibility index (Phi) is 2.14. The van der Waals surface area contributed by atoms with Crippen LogP contribution in [0.1, 0.15) is 11.1 Å². The fraction of sp³-hybridized carbons (Fsp3) is 0.0909. The third kappa shape index (κ3) is 1.57. The van der Waals surface area contributed by atoms with Crippen LogP contribution in [0.4, 0.5) is 0 Å². The number of hydrogen-bond donors (Lipinski definition) is 1. The number of carboxylic acids is 1. The molecule has 0 unspecified atom stereocenters. The number of hydrogen-bond acceptors (Lipinski definition) is 2. The summed E-state index contributed by atoms with van der Waals surface area (Å²) in [4.78, 5) is 14.7. The van der Waals surface area contributed by atoms with Crippen molar-refractivity contribution in [3.8, 4) is 0 Å². The van der Waals surface area contributed by atoms with Gasteiger partial charge in [-0.1, -0.05) is 24.3 Å². The van der Waals surface area contributed by atoms with Gasteiger partial charge >= 0.3 is 5.97 Å². The maximum absolute atomic E-state index is 10.8. The summed E-state index contributed by atoms with van der Waals surface area (Å²) in [7, 11) is 0. The number of fused-ring (bicyclic) bond motifs is 1. The topological polar surface area (TPSA) is 49.7 Å². The number of benzene rings is 1. The van der Waals surface area contributed by atoms with Crippen LogP contribution in [0.15, 0.2) is 41.0 Å². The van der Waals surface area contributed by atoms with Crippen molar-refractivity contribution >= 4 is 12.2 Å². The molecule has 0 amide bonds. The molecule has 3 nitrogen and oxygen atoms in total. The summed E-state index contributed by atoms with van der Waals surface area (Å²) in [5.41, 5.74) is 2.31. The quantitative estimate of drug-likeness (QED) is 0.726. The van der Waals surface area contributed by atoms with Gasteiger partial charge in [0.1, 0.15) is 0 Å². The van der Waals surface area contributed by atoms with Crippen LogP contribution in [0.3, 0.4) is 0 Å². The van der Waals surface area contributed by atoms with Crippen molar-refractivity contribution < 1.29 is 9.90 Å². The van der Waals surface area contributed by atoms with E-state index in [9.17, 15) is 4.79 Å². The van der Waals surface area contributed by atoms with Gasteiger partial charge in [0.2, 0.25) is 0 Å². The van der Waals surface area contributed by atoms with Gasteiger partial charge in [0.25, 0.3) is 0 Å². The third-order valence-electron chi connectivity index (χ3n) is 2.15. The Labute approximate surface area is 81.4 Å². The molecule has 1 aromatic carbocycles. The molecule has 0 radical (unpaired) electrons. The van der Waals surface area contributed by atoms with E-state index in [4.69, 9.17) is 5.11 Å². The van der Waals surface area contributed by atoms with Crippen LogP contribution in [-0.4, -0.2) is 17.3 Å². The lowest BCUT2D eigenvalue weighted by Gasteiger charge is -2.02. The van der Waals surface area contributed by atoms with Gasteiger partial charge in [0.05, 0.1) is 5.57 Å². The fourth-order valence-electron chi connectivity index (χ4n) is 1.41. The van der Waals surface area contributed by atoms with E-state index in [-0.39, 0.29) is 0 Å². The van der Waals surface area contributed by atoms with Crippen LogP contribution in [-0.2, 0) is 11.2 Å². The molecule has 1 aliphatic rings. The maximum Gasteiger partial charge on any atom is 0.333 e. The summed E-state index contributed by atoms with van der Waals surface area (Å²) >= 11 is 0. The monoisotopic (exact) mass is 187 g/mol. The van der Waals surface area contributed by atoms with Gasteiger partial charge in [-0.2, -0.15) is 0 Å². The Balaban J connectivity index is 2.42. The van der Waals surface area contributed by atoms with Crippen molar-refractivity contribution in [2.45, 2.75) is 6.42 Å². The van der Waals surface area contributed by atoms with Gasteiger partial charge in [-0.25, -0.2) is 4.79 Å². The Morgan fingerprint density at radius 2 is 2.14 bits per heavy atom. The van der Waals surface area contributed by atoms with Gasteiger partial charge in [-0.05, 0) is 11.1 Å². The predicted octanol–water partition coefficient (Wildman–Crippen LogP) is 1.63.